The van der Waals surface area contributed by atoms with Crippen molar-refractivity contribution in [3.8, 4) is 11.1 Å². The quantitative estimate of drug-likeness (QED) is 0.146. The predicted octanol–water partition coefficient (Wildman–Crippen LogP) is 5.75. The number of carbonyl (C=O) groups is 2. The number of carbonyl (C=O) groups excluding carboxylic acids is 2. The van der Waals surface area contributed by atoms with Crippen molar-refractivity contribution < 1.29 is 14.3 Å². The van der Waals surface area contributed by atoms with Crippen LogP contribution in [0.4, 0.5) is 11.5 Å². The van der Waals surface area contributed by atoms with Crippen LogP contribution in [0.3, 0.4) is 0 Å². The summed E-state index contributed by atoms with van der Waals surface area (Å²) >= 11 is 6.84. The van der Waals surface area contributed by atoms with Gasteiger partial charge in [-0.3, -0.25) is 4.79 Å². The summed E-state index contributed by atoms with van der Waals surface area (Å²) in [7, 11) is 3.20. The van der Waals surface area contributed by atoms with Gasteiger partial charge in [0.15, 0.2) is 5.16 Å². The van der Waals surface area contributed by atoms with Gasteiger partial charge < -0.3 is 15.4 Å². The number of hydrogen-bond acceptors (Lipinski definition) is 10. The van der Waals surface area contributed by atoms with Crippen molar-refractivity contribution >= 4 is 68.0 Å². The number of amides is 1. The first kappa shape index (κ1) is 24.8. The number of aryl methyl sites for hydroxylation is 2. The average molecular weight is 533 g/mol. The van der Waals surface area contributed by atoms with E-state index in [9.17, 15) is 9.59 Å². The lowest BCUT2D eigenvalue weighted by Gasteiger charge is -2.43. The van der Waals surface area contributed by atoms with Crippen LogP contribution >= 0.6 is 44.7 Å². The molecule has 0 spiro atoms. The van der Waals surface area contributed by atoms with Crippen molar-refractivity contribution in [1.29, 1.82) is 0 Å². The first-order valence-corrected chi connectivity index (χ1v) is 14.1. The largest absolute Gasteiger partial charge is 0.462 e. The van der Waals surface area contributed by atoms with E-state index in [4.69, 9.17) is 22.7 Å². The zero-order chi connectivity index (χ0) is 24.8. The van der Waals surface area contributed by atoms with Gasteiger partial charge in [0.1, 0.15) is 15.2 Å². The molecular formula is C23H24N4O3S4. The molecule has 3 aromatic rings. The van der Waals surface area contributed by atoms with E-state index in [-0.39, 0.29) is 29.6 Å². The van der Waals surface area contributed by atoms with Crippen LogP contribution in [0.15, 0.2) is 23.5 Å². The van der Waals surface area contributed by atoms with Crippen LogP contribution in [0.1, 0.15) is 47.1 Å². The summed E-state index contributed by atoms with van der Waals surface area (Å²) in [6, 6.07) is 4.19. The van der Waals surface area contributed by atoms with Gasteiger partial charge in [0.25, 0.3) is 0 Å². The first-order valence-electron chi connectivity index (χ1n) is 10.6. The van der Waals surface area contributed by atoms with E-state index in [0.29, 0.717) is 5.16 Å². The molecule has 2 N–H and O–H groups in total. The van der Waals surface area contributed by atoms with E-state index in [0.717, 1.165) is 36.6 Å². The molecule has 7 nitrogen and oxygen atoms in total. The molecule has 0 aliphatic carbocycles. The molecule has 0 bridgehead atoms. The van der Waals surface area contributed by atoms with Crippen molar-refractivity contribution in [2.45, 2.75) is 45.3 Å². The summed E-state index contributed by atoms with van der Waals surface area (Å²) in [6.07, 6.45) is 1.34. The number of nitrogens with two attached hydrogens (primary N) is 1. The maximum Gasteiger partial charge on any atom is 0.343 e. The Balaban J connectivity index is 1.65. The fourth-order valence-corrected chi connectivity index (χ4v) is 7.89. The van der Waals surface area contributed by atoms with Gasteiger partial charge in [-0.05, 0) is 57.9 Å². The number of anilines is 2. The Morgan fingerprint density at radius 1 is 1.24 bits per heavy atom. The molecule has 0 saturated heterocycles. The van der Waals surface area contributed by atoms with Gasteiger partial charge in [0, 0.05) is 17.3 Å². The summed E-state index contributed by atoms with van der Waals surface area (Å²) < 4.78 is 5.81. The van der Waals surface area contributed by atoms with Crippen molar-refractivity contribution in [1.82, 2.24) is 9.97 Å². The number of esters is 1. The summed E-state index contributed by atoms with van der Waals surface area (Å²) in [5, 5.41) is 0.320. The third-order valence-corrected chi connectivity index (χ3v) is 9.91. The number of thioether (sulfide) groups is 1. The lowest BCUT2D eigenvalue weighted by atomic mass is 9.86. The molecule has 3 heterocycles. The SMILES string of the molecule is CCOC(=O)c1cnc(SCC(=O)N2c3cc(C)c(C)cc3-c3c(ssc3=S)C2(C)C)nc1N. The average Bonchev–Trinajstić information content (AvgIpc) is 3.16. The first-order chi connectivity index (χ1) is 16.1. The molecule has 0 radical (unpaired) electrons. The number of ether oxygens (including phenoxy) is 1. The maximum atomic E-state index is 13.6. The molecule has 2 aromatic heterocycles. The Hall–Kier alpha value is -2.34. The van der Waals surface area contributed by atoms with Crippen LogP contribution in [0.5, 0.6) is 0 Å². The molecule has 34 heavy (non-hydrogen) atoms. The molecule has 0 atom stereocenters. The van der Waals surface area contributed by atoms with Crippen LogP contribution in [0, 0.1) is 17.7 Å². The number of benzene rings is 1. The molecule has 11 heteroatoms. The van der Waals surface area contributed by atoms with Crippen LogP contribution in [-0.2, 0) is 15.1 Å². The minimum atomic E-state index is -0.570. The summed E-state index contributed by atoms with van der Waals surface area (Å²) in [5.74, 6) is -0.510. The van der Waals surface area contributed by atoms with Gasteiger partial charge in [-0.1, -0.05) is 44.7 Å². The van der Waals surface area contributed by atoms with Crippen LogP contribution in [0.2, 0.25) is 0 Å². The topological polar surface area (TPSA) is 98.4 Å². The second kappa shape index (κ2) is 9.37. The molecule has 0 fully saturated rings. The third kappa shape index (κ3) is 4.26. The lowest BCUT2D eigenvalue weighted by Crippen LogP contribution is -2.48. The molecule has 178 valence electrons. The van der Waals surface area contributed by atoms with E-state index in [1.807, 2.05) is 25.7 Å². The van der Waals surface area contributed by atoms with E-state index in [1.54, 1.807) is 27.6 Å². The fraction of sp³-hybridized carbons (Fsp3) is 0.348. The molecular weight excluding hydrogens is 509 g/mol. The van der Waals surface area contributed by atoms with Crippen molar-refractivity contribution in [3.63, 3.8) is 0 Å². The minimum Gasteiger partial charge on any atom is -0.462 e. The maximum absolute atomic E-state index is 13.6. The molecule has 0 saturated carbocycles. The number of aromatic nitrogens is 2. The van der Waals surface area contributed by atoms with Crippen LogP contribution in [0.25, 0.3) is 11.1 Å². The Morgan fingerprint density at radius 3 is 2.62 bits per heavy atom. The summed E-state index contributed by atoms with van der Waals surface area (Å²) in [5.41, 5.74) is 10.7. The number of rotatable bonds is 5. The minimum absolute atomic E-state index is 0.0286. The molecule has 1 aromatic carbocycles. The van der Waals surface area contributed by atoms with Crippen LogP contribution < -0.4 is 10.6 Å². The van der Waals surface area contributed by atoms with Crippen molar-refractivity contribution in [3.05, 3.63) is 43.7 Å². The van der Waals surface area contributed by atoms with Gasteiger partial charge in [-0.15, -0.1) is 0 Å². The highest BCUT2D eigenvalue weighted by molar-refractivity contribution is 7.99. The fourth-order valence-electron chi connectivity index (χ4n) is 3.94. The Morgan fingerprint density at radius 2 is 1.94 bits per heavy atom. The molecule has 0 unspecified atom stereocenters. The van der Waals surface area contributed by atoms with E-state index in [1.165, 1.54) is 18.0 Å². The second-order valence-electron chi connectivity index (χ2n) is 8.36. The van der Waals surface area contributed by atoms with Crippen molar-refractivity contribution in [2.24, 2.45) is 0 Å². The van der Waals surface area contributed by atoms with Gasteiger partial charge in [-0.25, -0.2) is 14.8 Å². The van der Waals surface area contributed by atoms with E-state index >= 15 is 0 Å². The Kier molecular flexibility index (Phi) is 6.83. The Labute approximate surface area is 214 Å². The zero-order valence-corrected chi connectivity index (χ0v) is 22.7. The van der Waals surface area contributed by atoms with Gasteiger partial charge in [0.2, 0.25) is 5.91 Å². The van der Waals surface area contributed by atoms with E-state index in [2.05, 4.69) is 29.0 Å². The third-order valence-electron chi connectivity index (χ3n) is 5.73. The monoisotopic (exact) mass is 532 g/mol. The number of hydrogen-bond donors (Lipinski definition) is 1. The van der Waals surface area contributed by atoms with Crippen LogP contribution in [-0.4, -0.2) is 34.2 Å². The van der Waals surface area contributed by atoms with Gasteiger partial charge in [-0.2, -0.15) is 0 Å². The number of nitrogens with zero attached hydrogens (tertiary/aromatic N) is 3. The normalized spacial score (nSPS) is 13.9. The Bertz CT molecular complexity index is 1360. The predicted molar refractivity (Wildman–Crippen MR) is 142 cm³/mol. The van der Waals surface area contributed by atoms with E-state index < -0.39 is 11.5 Å². The molecule has 1 amide bonds. The second-order valence-corrected chi connectivity index (χ2v) is 12.1. The number of fused-ring (bicyclic) bond motifs is 3. The summed E-state index contributed by atoms with van der Waals surface area (Å²) in [6.45, 7) is 10.2. The number of nitrogen functional groups attached to an aromatic ring is 1. The molecule has 1 aliphatic rings. The van der Waals surface area contributed by atoms with Gasteiger partial charge in [0.05, 0.1) is 28.5 Å². The standard InChI is InChI=1S/C23H24N4O3S4/c1-6-30-20(29)14-9-25-22(26-19(14)24)32-10-16(28)27-15-8-12(3)11(2)7-13(15)17-18(23(27,4)5)33-34-21(17)31/h7-9H,6,10H2,1-5H3,(H2,24,25,26). The van der Waals surface area contributed by atoms with Gasteiger partial charge >= 0.3 is 5.97 Å². The molecule has 1 aliphatic heterocycles. The highest BCUT2D eigenvalue weighted by Crippen LogP contribution is 2.52. The zero-order valence-electron chi connectivity index (χ0n) is 19.4. The smallest absolute Gasteiger partial charge is 0.343 e. The highest BCUT2D eigenvalue weighted by atomic mass is 32.9. The molecule has 4 rings (SSSR count). The van der Waals surface area contributed by atoms with Crippen molar-refractivity contribution in [2.75, 3.05) is 23.0 Å². The lowest BCUT2D eigenvalue weighted by molar-refractivity contribution is -0.117. The highest BCUT2D eigenvalue weighted by Gasteiger charge is 2.43. The summed E-state index contributed by atoms with van der Waals surface area (Å²) in [4.78, 5) is 36.9.